The number of carbonyl (C=O) groups is 1. The molecule has 1 aliphatic carbocycles. The van der Waals surface area contributed by atoms with Crippen LogP contribution in [0.25, 0.3) is 0 Å². The molecular formula is C21H30N2O3. The van der Waals surface area contributed by atoms with Gasteiger partial charge in [-0.1, -0.05) is 31.6 Å². The van der Waals surface area contributed by atoms with E-state index in [0.717, 1.165) is 5.56 Å². The predicted octanol–water partition coefficient (Wildman–Crippen LogP) is 4.12. The number of fused-ring (bicyclic) bond motifs is 2. The maximum absolute atomic E-state index is 12.0. The summed E-state index contributed by atoms with van der Waals surface area (Å²) >= 11 is 0. The summed E-state index contributed by atoms with van der Waals surface area (Å²) in [6.45, 7) is 11.5. The zero-order valence-electron chi connectivity index (χ0n) is 16.4. The molecule has 5 nitrogen and oxygen atoms in total. The Kier molecular flexibility index (Phi) is 5.37. The quantitative estimate of drug-likeness (QED) is 0.823. The number of amides is 1. The molecule has 0 unspecified atom stereocenters. The predicted molar refractivity (Wildman–Crippen MR) is 101 cm³/mol. The van der Waals surface area contributed by atoms with Crippen molar-refractivity contribution in [2.75, 3.05) is 13.2 Å². The Balaban J connectivity index is 1.84. The van der Waals surface area contributed by atoms with Crippen molar-refractivity contribution in [3.63, 3.8) is 0 Å². The minimum Gasteiger partial charge on any atom is -0.449 e. The first-order chi connectivity index (χ1) is 12.3. The largest absolute Gasteiger partial charge is 0.449 e. The average molecular weight is 358 g/mol. The van der Waals surface area contributed by atoms with E-state index in [2.05, 4.69) is 43.2 Å². The maximum atomic E-state index is 12.0. The van der Waals surface area contributed by atoms with Crippen molar-refractivity contribution in [1.82, 2.24) is 10.3 Å². The van der Waals surface area contributed by atoms with E-state index < -0.39 is 0 Å². The fraction of sp³-hybridized carbons (Fsp3) is 0.619. The summed E-state index contributed by atoms with van der Waals surface area (Å²) in [4.78, 5) is 16.3. The van der Waals surface area contributed by atoms with Crippen LogP contribution >= 0.6 is 0 Å². The molecule has 0 spiro atoms. The van der Waals surface area contributed by atoms with Crippen molar-refractivity contribution in [1.29, 1.82) is 0 Å². The number of hydrogen-bond donors (Lipinski definition) is 1. The molecule has 0 aromatic carbocycles. The fourth-order valence-corrected chi connectivity index (χ4v) is 4.58. The number of aromatic nitrogens is 1. The molecule has 142 valence electrons. The van der Waals surface area contributed by atoms with Gasteiger partial charge in [0, 0.05) is 29.8 Å². The third-order valence-electron chi connectivity index (χ3n) is 6.14. The van der Waals surface area contributed by atoms with Crippen molar-refractivity contribution in [2.45, 2.75) is 46.8 Å². The molecule has 1 saturated heterocycles. The summed E-state index contributed by atoms with van der Waals surface area (Å²) in [5.41, 5.74) is 2.26. The molecule has 5 atom stereocenters. The molecule has 2 aliphatic rings. The number of nitrogens with one attached hydrogen (secondary N) is 1. The van der Waals surface area contributed by atoms with Crippen LogP contribution in [-0.4, -0.2) is 30.3 Å². The Morgan fingerprint density at radius 1 is 1.46 bits per heavy atom. The van der Waals surface area contributed by atoms with Crippen LogP contribution in [0.15, 0.2) is 36.2 Å². The zero-order chi connectivity index (χ0) is 18.9. The zero-order valence-corrected chi connectivity index (χ0v) is 16.4. The number of pyridine rings is 1. The Labute approximate surface area is 156 Å². The molecule has 1 aromatic rings. The molecule has 1 N–H and O–H groups in total. The molecule has 5 heteroatoms. The lowest BCUT2D eigenvalue weighted by Crippen LogP contribution is -2.55. The summed E-state index contributed by atoms with van der Waals surface area (Å²) in [7, 11) is 0. The van der Waals surface area contributed by atoms with Crippen LogP contribution in [0.5, 0.6) is 0 Å². The summed E-state index contributed by atoms with van der Waals surface area (Å²) in [6.07, 6.45) is 5.65. The summed E-state index contributed by atoms with van der Waals surface area (Å²) in [5, 5.41) is 2.80. The van der Waals surface area contributed by atoms with Gasteiger partial charge < -0.3 is 14.8 Å². The van der Waals surface area contributed by atoms with Crippen molar-refractivity contribution in [2.24, 2.45) is 23.2 Å². The van der Waals surface area contributed by atoms with Gasteiger partial charge in [0.15, 0.2) is 0 Å². The van der Waals surface area contributed by atoms with Gasteiger partial charge in [0.05, 0.1) is 12.7 Å². The van der Waals surface area contributed by atoms with Crippen LogP contribution in [0.2, 0.25) is 0 Å². The number of allylic oxidation sites excluding steroid dienone is 1. The van der Waals surface area contributed by atoms with Gasteiger partial charge in [-0.3, -0.25) is 4.98 Å². The van der Waals surface area contributed by atoms with E-state index >= 15 is 0 Å². The van der Waals surface area contributed by atoms with Gasteiger partial charge in [-0.05, 0) is 44.2 Å². The van der Waals surface area contributed by atoms with Crippen LogP contribution in [0, 0.1) is 23.2 Å². The molecule has 1 aliphatic heterocycles. The molecular weight excluding hydrogens is 328 g/mol. The molecule has 2 bridgehead atoms. The highest BCUT2D eigenvalue weighted by atomic mass is 16.6. The second kappa shape index (κ2) is 7.39. The molecule has 1 amide bonds. The topological polar surface area (TPSA) is 60.5 Å². The standard InChI is InChI=1S/C21H30N2O3/c1-13(2)23-20(24)26-12-21-11-25-19(17-7-6-8-22-10-17)18(16(21)5)14(3)9-15(21)4/h6-10,13,15-16,18-19H,11-12H2,1-5H3,(H,23,24)/t15-,16-,18-,19+,21-/m1/s1. The molecule has 26 heavy (non-hydrogen) atoms. The Morgan fingerprint density at radius 3 is 2.88 bits per heavy atom. The minimum absolute atomic E-state index is 0.0000607. The first kappa shape index (κ1) is 18.9. The van der Waals surface area contributed by atoms with E-state index in [4.69, 9.17) is 9.47 Å². The third-order valence-corrected chi connectivity index (χ3v) is 6.14. The first-order valence-corrected chi connectivity index (χ1v) is 9.48. The van der Waals surface area contributed by atoms with Crippen LogP contribution < -0.4 is 5.32 Å². The van der Waals surface area contributed by atoms with Gasteiger partial charge in [0.25, 0.3) is 0 Å². The molecule has 0 radical (unpaired) electrons. The van der Waals surface area contributed by atoms with Crippen molar-refractivity contribution < 1.29 is 14.3 Å². The van der Waals surface area contributed by atoms with Crippen molar-refractivity contribution in [3.05, 3.63) is 41.7 Å². The van der Waals surface area contributed by atoms with Crippen LogP contribution in [-0.2, 0) is 9.47 Å². The Morgan fingerprint density at radius 2 is 2.23 bits per heavy atom. The fourth-order valence-electron chi connectivity index (χ4n) is 4.58. The summed E-state index contributed by atoms with van der Waals surface area (Å²) in [5.74, 6) is 0.893. The Hall–Kier alpha value is -1.88. The number of hydrogen-bond acceptors (Lipinski definition) is 4. The van der Waals surface area contributed by atoms with Gasteiger partial charge in [-0.15, -0.1) is 0 Å². The number of alkyl carbamates (subject to hydrolysis) is 1. The van der Waals surface area contributed by atoms with Crippen molar-refractivity contribution >= 4 is 6.09 Å². The first-order valence-electron chi connectivity index (χ1n) is 9.48. The monoisotopic (exact) mass is 358 g/mol. The van der Waals surface area contributed by atoms with E-state index in [9.17, 15) is 4.79 Å². The number of ether oxygens (including phenoxy) is 2. The van der Waals surface area contributed by atoms with E-state index in [-0.39, 0.29) is 35.5 Å². The van der Waals surface area contributed by atoms with E-state index in [1.54, 1.807) is 6.20 Å². The van der Waals surface area contributed by atoms with E-state index in [1.165, 1.54) is 5.57 Å². The highest BCUT2D eigenvalue weighted by Crippen LogP contribution is 2.56. The van der Waals surface area contributed by atoms with Gasteiger partial charge in [-0.25, -0.2) is 4.79 Å². The molecule has 1 aromatic heterocycles. The second-order valence-electron chi connectivity index (χ2n) is 8.14. The van der Waals surface area contributed by atoms with Gasteiger partial charge in [-0.2, -0.15) is 0 Å². The molecule has 2 heterocycles. The van der Waals surface area contributed by atoms with E-state index in [1.807, 2.05) is 26.1 Å². The normalized spacial score (nSPS) is 33.5. The van der Waals surface area contributed by atoms with E-state index in [0.29, 0.717) is 19.1 Å². The van der Waals surface area contributed by atoms with Crippen LogP contribution in [0.4, 0.5) is 4.79 Å². The second-order valence-corrected chi connectivity index (χ2v) is 8.14. The molecule has 1 fully saturated rings. The lowest BCUT2D eigenvalue weighted by atomic mass is 9.56. The minimum atomic E-state index is -0.356. The molecule has 3 rings (SSSR count). The highest BCUT2D eigenvalue weighted by Gasteiger charge is 2.54. The number of carbonyl (C=O) groups excluding carboxylic acids is 1. The smallest absolute Gasteiger partial charge is 0.407 e. The summed E-state index contributed by atoms with van der Waals surface area (Å²) in [6, 6.07) is 4.10. The number of rotatable bonds is 4. The average Bonchev–Trinajstić information content (AvgIpc) is 2.59. The third kappa shape index (κ3) is 3.37. The highest BCUT2D eigenvalue weighted by molar-refractivity contribution is 5.67. The van der Waals surface area contributed by atoms with Crippen LogP contribution in [0.3, 0.4) is 0 Å². The SMILES string of the molecule is CC1=C[C@@H](C)[C@]2(COC(=O)NC(C)C)CO[C@@H](c3cccnc3)[C@H]1[C@H]2C. The van der Waals surface area contributed by atoms with Gasteiger partial charge >= 0.3 is 6.09 Å². The maximum Gasteiger partial charge on any atom is 0.407 e. The lowest BCUT2D eigenvalue weighted by molar-refractivity contribution is -0.165. The lowest BCUT2D eigenvalue weighted by Gasteiger charge is -2.55. The Bertz CT molecular complexity index is 673. The number of nitrogens with zero attached hydrogens (tertiary/aromatic N) is 1. The molecule has 0 saturated carbocycles. The van der Waals surface area contributed by atoms with Crippen LogP contribution in [0.1, 0.15) is 46.3 Å². The van der Waals surface area contributed by atoms with Crippen molar-refractivity contribution in [3.8, 4) is 0 Å². The summed E-state index contributed by atoms with van der Waals surface area (Å²) < 4.78 is 12.0. The van der Waals surface area contributed by atoms with Gasteiger partial charge in [0.2, 0.25) is 0 Å². The van der Waals surface area contributed by atoms with Gasteiger partial charge in [0.1, 0.15) is 6.61 Å².